The largest absolute Gasteiger partial charge is 0.391 e. The van der Waals surface area contributed by atoms with E-state index < -0.39 is 0 Å². The van der Waals surface area contributed by atoms with Gasteiger partial charge in [-0.15, -0.1) is 10.2 Å². The van der Waals surface area contributed by atoms with Gasteiger partial charge in [-0.3, -0.25) is 4.90 Å². The maximum Gasteiger partial charge on any atom is 0.210 e. The zero-order valence-corrected chi connectivity index (χ0v) is 14.4. The highest BCUT2D eigenvalue weighted by atomic mass is 32.2. The molecule has 3 rings (SSSR count). The van der Waals surface area contributed by atoms with Gasteiger partial charge in [-0.1, -0.05) is 41.3 Å². The number of nitrogens with zero attached hydrogens (tertiary/aromatic N) is 3. The van der Waals surface area contributed by atoms with E-state index >= 15 is 0 Å². The average Bonchev–Trinajstić information content (AvgIpc) is 3.02. The number of ether oxygens (including phenoxy) is 1. The standard InChI is InChI=1S/C15H20N4O2S2/c20-13(10-19-6-8-21-9-7-19)11-22-15-18-17-14(23-15)16-12-4-2-1-3-5-12/h1-5,13,20H,6-11H2,(H,16,17). The predicted molar refractivity (Wildman–Crippen MR) is 93.6 cm³/mol. The molecule has 0 amide bonds. The molecular weight excluding hydrogens is 332 g/mol. The fraction of sp³-hybridized carbons (Fsp3) is 0.467. The second kappa shape index (κ2) is 8.60. The van der Waals surface area contributed by atoms with Crippen molar-refractivity contribution in [3.05, 3.63) is 30.3 Å². The lowest BCUT2D eigenvalue weighted by molar-refractivity contribution is 0.0188. The number of hydrogen-bond acceptors (Lipinski definition) is 8. The second-order valence-electron chi connectivity index (χ2n) is 5.24. The third-order valence-corrected chi connectivity index (χ3v) is 5.52. The molecule has 124 valence electrons. The smallest absolute Gasteiger partial charge is 0.210 e. The molecule has 1 fully saturated rings. The van der Waals surface area contributed by atoms with E-state index in [1.165, 1.54) is 11.3 Å². The summed E-state index contributed by atoms with van der Waals surface area (Å²) < 4.78 is 6.18. The lowest BCUT2D eigenvalue weighted by atomic mass is 10.3. The van der Waals surface area contributed by atoms with E-state index in [-0.39, 0.29) is 6.10 Å². The van der Waals surface area contributed by atoms with E-state index in [1.807, 2.05) is 30.3 Å². The molecule has 1 aliphatic heterocycles. The molecule has 2 N–H and O–H groups in total. The Morgan fingerprint density at radius 3 is 2.83 bits per heavy atom. The molecule has 1 saturated heterocycles. The molecule has 0 saturated carbocycles. The van der Waals surface area contributed by atoms with Gasteiger partial charge < -0.3 is 15.2 Å². The maximum atomic E-state index is 10.1. The topological polar surface area (TPSA) is 70.5 Å². The minimum atomic E-state index is -0.368. The number of morpholine rings is 1. The van der Waals surface area contributed by atoms with Crippen LogP contribution in [-0.4, -0.2) is 64.9 Å². The summed E-state index contributed by atoms with van der Waals surface area (Å²) in [5, 5.41) is 22.4. The van der Waals surface area contributed by atoms with Gasteiger partial charge in [0.15, 0.2) is 4.34 Å². The summed E-state index contributed by atoms with van der Waals surface area (Å²) in [6.07, 6.45) is -0.368. The highest BCUT2D eigenvalue weighted by Crippen LogP contribution is 2.28. The Bertz CT molecular complexity index is 590. The second-order valence-corrected chi connectivity index (χ2v) is 7.49. The highest BCUT2D eigenvalue weighted by molar-refractivity contribution is 8.01. The summed E-state index contributed by atoms with van der Waals surface area (Å²) in [6.45, 7) is 3.98. The van der Waals surface area contributed by atoms with Crippen LogP contribution < -0.4 is 5.32 Å². The summed E-state index contributed by atoms with van der Waals surface area (Å²) in [5.41, 5.74) is 0.993. The molecule has 0 spiro atoms. The number of β-amino-alcohol motifs (C(OH)–C–C–N with tert-alkyl or cyclic N) is 1. The average molecular weight is 352 g/mol. The molecule has 8 heteroatoms. The summed E-state index contributed by atoms with van der Waals surface area (Å²) >= 11 is 3.05. The lowest BCUT2D eigenvalue weighted by Crippen LogP contribution is -2.41. The molecule has 0 bridgehead atoms. The first kappa shape index (κ1) is 16.7. The van der Waals surface area contributed by atoms with Crippen LogP contribution in [0.4, 0.5) is 10.8 Å². The number of aliphatic hydroxyl groups is 1. The van der Waals surface area contributed by atoms with Gasteiger partial charge >= 0.3 is 0 Å². The van der Waals surface area contributed by atoms with E-state index in [0.29, 0.717) is 12.3 Å². The number of benzene rings is 1. The first-order valence-corrected chi connectivity index (χ1v) is 9.36. The summed E-state index contributed by atoms with van der Waals surface area (Å²) in [4.78, 5) is 2.23. The summed E-state index contributed by atoms with van der Waals surface area (Å²) in [6, 6.07) is 9.89. The Hall–Kier alpha value is -1.19. The van der Waals surface area contributed by atoms with Gasteiger partial charge in [0.2, 0.25) is 5.13 Å². The number of anilines is 2. The van der Waals surface area contributed by atoms with Crippen LogP contribution in [0.15, 0.2) is 34.7 Å². The quantitative estimate of drug-likeness (QED) is 0.739. The first-order chi connectivity index (χ1) is 11.3. The summed E-state index contributed by atoms with van der Waals surface area (Å²) in [5.74, 6) is 0.622. The minimum Gasteiger partial charge on any atom is -0.391 e. The fourth-order valence-corrected chi connectivity index (χ4v) is 3.98. The van der Waals surface area contributed by atoms with E-state index in [9.17, 15) is 5.11 Å². The van der Waals surface area contributed by atoms with Crippen molar-refractivity contribution >= 4 is 33.9 Å². The van der Waals surface area contributed by atoms with E-state index in [0.717, 1.165) is 41.5 Å². The van der Waals surface area contributed by atoms with Crippen molar-refractivity contribution in [2.24, 2.45) is 0 Å². The molecule has 1 aromatic heterocycles. The number of aliphatic hydroxyl groups excluding tert-OH is 1. The van der Waals surface area contributed by atoms with Gasteiger partial charge in [0.1, 0.15) is 0 Å². The van der Waals surface area contributed by atoms with Crippen molar-refractivity contribution in [1.29, 1.82) is 0 Å². The number of aromatic nitrogens is 2. The molecule has 6 nitrogen and oxygen atoms in total. The molecule has 2 aromatic rings. The normalized spacial score (nSPS) is 17.1. The molecule has 23 heavy (non-hydrogen) atoms. The van der Waals surface area contributed by atoms with E-state index in [2.05, 4.69) is 20.4 Å². The van der Waals surface area contributed by atoms with Gasteiger partial charge in [-0.05, 0) is 12.1 Å². The molecule has 0 radical (unpaired) electrons. The van der Waals surface area contributed by atoms with Crippen molar-refractivity contribution in [2.45, 2.75) is 10.4 Å². The van der Waals surface area contributed by atoms with Crippen LogP contribution in [0, 0.1) is 0 Å². The van der Waals surface area contributed by atoms with Gasteiger partial charge in [-0.2, -0.15) is 0 Å². The molecule has 1 aliphatic rings. The Kier molecular flexibility index (Phi) is 6.23. The highest BCUT2D eigenvalue weighted by Gasteiger charge is 2.16. The Morgan fingerprint density at radius 2 is 2.04 bits per heavy atom. The van der Waals surface area contributed by atoms with Crippen molar-refractivity contribution in [3.8, 4) is 0 Å². The first-order valence-electron chi connectivity index (χ1n) is 7.56. The molecule has 2 heterocycles. The SMILES string of the molecule is OC(CSc1nnc(Nc2ccccc2)s1)CN1CCOCC1. The zero-order chi connectivity index (χ0) is 15.9. The van der Waals surface area contributed by atoms with Crippen LogP contribution in [-0.2, 0) is 4.74 Å². The van der Waals surface area contributed by atoms with Gasteiger partial charge in [-0.25, -0.2) is 0 Å². The third kappa shape index (κ3) is 5.43. The number of thioether (sulfide) groups is 1. The number of para-hydroxylation sites is 1. The van der Waals surface area contributed by atoms with Crippen LogP contribution in [0.2, 0.25) is 0 Å². The van der Waals surface area contributed by atoms with Crippen molar-refractivity contribution in [3.63, 3.8) is 0 Å². The number of rotatable bonds is 7. The molecule has 0 aliphatic carbocycles. The Balaban J connectivity index is 1.43. The van der Waals surface area contributed by atoms with Crippen LogP contribution in [0.1, 0.15) is 0 Å². The molecule has 1 aromatic carbocycles. The van der Waals surface area contributed by atoms with Gasteiger partial charge in [0, 0.05) is 31.1 Å². The van der Waals surface area contributed by atoms with E-state index in [4.69, 9.17) is 4.74 Å². The predicted octanol–water partition coefficient (Wildman–Crippen LogP) is 2.07. The fourth-order valence-electron chi connectivity index (χ4n) is 2.27. The van der Waals surface area contributed by atoms with Crippen molar-refractivity contribution in [1.82, 2.24) is 15.1 Å². The maximum absolute atomic E-state index is 10.1. The number of hydrogen-bond donors (Lipinski definition) is 2. The van der Waals surface area contributed by atoms with Crippen LogP contribution in [0.3, 0.4) is 0 Å². The van der Waals surface area contributed by atoms with Crippen molar-refractivity contribution < 1.29 is 9.84 Å². The van der Waals surface area contributed by atoms with Gasteiger partial charge in [0.25, 0.3) is 0 Å². The Labute approximate surface area is 143 Å². The van der Waals surface area contributed by atoms with Crippen LogP contribution >= 0.6 is 23.1 Å². The van der Waals surface area contributed by atoms with Crippen LogP contribution in [0.25, 0.3) is 0 Å². The lowest BCUT2D eigenvalue weighted by Gasteiger charge is -2.28. The van der Waals surface area contributed by atoms with Gasteiger partial charge in [0.05, 0.1) is 19.3 Å². The zero-order valence-electron chi connectivity index (χ0n) is 12.7. The molecular formula is C15H20N4O2S2. The van der Waals surface area contributed by atoms with E-state index in [1.54, 1.807) is 11.8 Å². The van der Waals surface area contributed by atoms with Crippen molar-refractivity contribution in [2.75, 3.05) is 43.9 Å². The Morgan fingerprint density at radius 1 is 1.26 bits per heavy atom. The van der Waals surface area contributed by atoms with Crippen LogP contribution in [0.5, 0.6) is 0 Å². The molecule has 1 unspecified atom stereocenters. The monoisotopic (exact) mass is 352 g/mol. The number of nitrogens with one attached hydrogen (secondary N) is 1. The molecule has 1 atom stereocenters. The minimum absolute atomic E-state index is 0.368. The third-order valence-electron chi connectivity index (χ3n) is 3.40. The summed E-state index contributed by atoms with van der Waals surface area (Å²) in [7, 11) is 0.